The number of hydrogen-bond acceptors (Lipinski definition) is 3. The van der Waals surface area contributed by atoms with Gasteiger partial charge in [-0.1, -0.05) is 12.1 Å². The normalized spacial score (nSPS) is 27.7. The maximum absolute atomic E-state index is 6.06. The Hall–Kier alpha value is -1.06. The Kier molecular flexibility index (Phi) is 3.40. The molecule has 1 aliphatic carbocycles. The first-order valence-corrected chi connectivity index (χ1v) is 6.06. The van der Waals surface area contributed by atoms with E-state index in [-0.39, 0.29) is 18.2 Å². The fraction of sp³-hybridized carbons (Fsp3) is 0.571. The van der Waals surface area contributed by atoms with Crippen LogP contribution in [-0.2, 0) is 4.74 Å². The fourth-order valence-electron chi connectivity index (χ4n) is 2.32. The summed E-state index contributed by atoms with van der Waals surface area (Å²) in [6.07, 6.45) is 0.981. The van der Waals surface area contributed by atoms with Crippen molar-refractivity contribution < 1.29 is 9.47 Å². The molecule has 1 aromatic rings. The zero-order valence-electron chi connectivity index (χ0n) is 11.0. The summed E-state index contributed by atoms with van der Waals surface area (Å²) in [7, 11) is 1.69. The molecule has 3 nitrogen and oxygen atoms in total. The minimum Gasteiger partial charge on any atom is -0.487 e. The number of methoxy groups -OCH3 is 1. The molecule has 94 valence electrons. The zero-order valence-corrected chi connectivity index (χ0v) is 11.0. The lowest BCUT2D eigenvalue weighted by Gasteiger charge is -2.41. The topological polar surface area (TPSA) is 44.5 Å². The van der Waals surface area contributed by atoms with Gasteiger partial charge in [-0.15, -0.1) is 0 Å². The second-order valence-corrected chi connectivity index (χ2v) is 4.91. The van der Waals surface area contributed by atoms with Gasteiger partial charge in [-0.25, -0.2) is 0 Å². The Bertz CT molecular complexity index is 417. The molecule has 0 spiro atoms. The first-order chi connectivity index (χ1) is 8.04. The lowest BCUT2D eigenvalue weighted by Crippen LogP contribution is -2.59. The average molecular weight is 235 g/mol. The molecule has 0 saturated heterocycles. The number of ether oxygens (including phenoxy) is 2. The number of benzene rings is 1. The summed E-state index contributed by atoms with van der Waals surface area (Å²) in [4.78, 5) is 0. The van der Waals surface area contributed by atoms with E-state index < -0.39 is 0 Å². The quantitative estimate of drug-likeness (QED) is 0.872. The van der Waals surface area contributed by atoms with E-state index in [1.54, 1.807) is 7.11 Å². The van der Waals surface area contributed by atoms with Gasteiger partial charge in [0, 0.05) is 19.6 Å². The highest BCUT2D eigenvalue weighted by molar-refractivity contribution is 5.44. The SMILES string of the molecule is COC1C(N)CC1Oc1c(C)ccc(C)c1C. The molecule has 1 aliphatic rings. The summed E-state index contributed by atoms with van der Waals surface area (Å²) in [5, 5.41) is 0. The van der Waals surface area contributed by atoms with Crippen LogP contribution in [0, 0.1) is 20.8 Å². The highest BCUT2D eigenvalue weighted by Crippen LogP contribution is 2.32. The maximum Gasteiger partial charge on any atom is 0.128 e. The summed E-state index contributed by atoms with van der Waals surface area (Å²) in [6.45, 7) is 6.27. The van der Waals surface area contributed by atoms with E-state index in [0.717, 1.165) is 12.2 Å². The van der Waals surface area contributed by atoms with Gasteiger partial charge in [-0.3, -0.25) is 0 Å². The predicted octanol–water partition coefficient (Wildman–Crippen LogP) is 2.11. The van der Waals surface area contributed by atoms with Crippen molar-refractivity contribution in [3.05, 3.63) is 28.8 Å². The molecule has 2 rings (SSSR count). The van der Waals surface area contributed by atoms with Crippen molar-refractivity contribution in [2.24, 2.45) is 5.73 Å². The molecule has 0 radical (unpaired) electrons. The van der Waals surface area contributed by atoms with E-state index in [2.05, 4.69) is 32.9 Å². The Morgan fingerprint density at radius 2 is 1.82 bits per heavy atom. The van der Waals surface area contributed by atoms with E-state index in [9.17, 15) is 0 Å². The lowest BCUT2D eigenvalue weighted by atomic mass is 9.86. The van der Waals surface area contributed by atoms with Gasteiger partial charge in [0.15, 0.2) is 0 Å². The van der Waals surface area contributed by atoms with E-state index in [1.807, 2.05) is 0 Å². The summed E-state index contributed by atoms with van der Waals surface area (Å²) < 4.78 is 11.4. The molecule has 0 bridgehead atoms. The minimum atomic E-state index is 0.0225. The average Bonchev–Trinajstić information content (AvgIpc) is 2.28. The molecule has 1 aromatic carbocycles. The minimum absolute atomic E-state index is 0.0225. The smallest absolute Gasteiger partial charge is 0.128 e. The number of hydrogen-bond donors (Lipinski definition) is 1. The van der Waals surface area contributed by atoms with Crippen molar-refractivity contribution in [1.29, 1.82) is 0 Å². The summed E-state index contributed by atoms with van der Waals surface area (Å²) >= 11 is 0. The van der Waals surface area contributed by atoms with Crippen LogP contribution in [-0.4, -0.2) is 25.4 Å². The molecule has 0 aliphatic heterocycles. The summed E-state index contributed by atoms with van der Waals surface area (Å²) in [5.74, 6) is 0.990. The standard InChI is InChI=1S/C14H21NO2/c1-8-5-6-9(2)13(10(8)3)17-12-7-11(15)14(12)16-4/h5-6,11-12,14H,7,15H2,1-4H3. The molecule has 0 heterocycles. The maximum atomic E-state index is 6.06. The molecular formula is C14H21NO2. The lowest BCUT2D eigenvalue weighted by molar-refractivity contribution is -0.0786. The van der Waals surface area contributed by atoms with Crippen molar-refractivity contribution in [1.82, 2.24) is 0 Å². The van der Waals surface area contributed by atoms with Crippen LogP contribution in [0.4, 0.5) is 0 Å². The van der Waals surface area contributed by atoms with Crippen LogP contribution in [0.2, 0.25) is 0 Å². The van der Waals surface area contributed by atoms with Crippen LogP contribution < -0.4 is 10.5 Å². The second kappa shape index (κ2) is 4.67. The molecule has 3 heteroatoms. The van der Waals surface area contributed by atoms with Crippen LogP contribution in [0.15, 0.2) is 12.1 Å². The monoisotopic (exact) mass is 235 g/mol. The van der Waals surface area contributed by atoms with Crippen molar-refractivity contribution >= 4 is 0 Å². The summed E-state index contributed by atoms with van der Waals surface area (Å²) in [5.41, 5.74) is 9.51. The fourth-order valence-corrected chi connectivity index (χ4v) is 2.32. The van der Waals surface area contributed by atoms with E-state index in [0.29, 0.717) is 0 Å². The Morgan fingerprint density at radius 3 is 2.41 bits per heavy atom. The van der Waals surface area contributed by atoms with Crippen molar-refractivity contribution in [3.63, 3.8) is 0 Å². The zero-order chi connectivity index (χ0) is 12.6. The molecule has 0 amide bonds. The highest BCUT2D eigenvalue weighted by atomic mass is 16.5. The van der Waals surface area contributed by atoms with Gasteiger partial charge in [-0.2, -0.15) is 0 Å². The van der Waals surface area contributed by atoms with E-state index in [1.165, 1.54) is 16.7 Å². The van der Waals surface area contributed by atoms with Gasteiger partial charge in [0.25, 0.3) is 0 Å². The molecule has 3 atom stereocenters. The summed E-state index contributed by atoms with van der Waals surface area (Å²) in [6, 6.07) is 4.33. The van der Waals surface area contributed by atoms with Crippen LogP contribution in [0.1, 0.15) is 23.1 Å². The molecule has 17 heavy (non-hydrogen) atoms. The van der Waals surface area contributed by atoms with Gasteiger partial charge in [0.2, 0.25) is 0 Å². The molecular weight excluding hydrogens is 214 g/mol. The van der Waals surface area contributed by atoms with Crippen molar-refractivity contribution in [2.75, 3.05) is 7.11 Å². The molecule has 1 fully saturated rings. The highest BCUT2D eigenvalue weighted by Gasteiger charge is 2.41. The second-order valence-electron chi connectivity index (χ2n) is 4.91. The van der Waals surface area contributed by atoms with Gasteiger partial charge < -0.3 is 15.2 Å². The van der Waals surface area contributed by atoms with Crippen LogP contribution in [0.5, 0.6) is 5.75 Å². The van der Waals surface area contributed by atoms with Crippen molar-refractivity contribution in [3.8, 4) is 5.75 Å². The van der Waals surface area contributed by atoms with Crippen molar-refractivity contribution in [2.45, 2.75) is 45.4 Å². The third-order valence-corrected chi connectivity index (χ3v) is 3.71. The number of aryl methyl sites for hydroxylation is 2. The molecule has 1 saturated carbocycles. The van der Waals surface area contributed by atoms with Crippen LogP contribution in [0.3, 0.4) is 0 Å². The Morgan fingerprint density at radius 1 is 1.18 bits per heavy atom. The van der Waals surface area contributed by atoms with E-state index in [4.69, 9.17) is 15.2 Å². The van der Waals surface area contributed by atoms with E-state index >= 15 is 0 Å². The van der Waals surface area contributed by atoms with Crippen LogP contribution >= 0.6 is 0 Å². The first-order valence-electron chi connectivity index (χ1n) is 6.06. The predicted molar refractivity (Wildman–Crippen MR) is 68.5 cm³/mol. The third kappa shape index (κ3) is 2.17. The van der Waals surface area contributed by atoms with Gasteiger partial charge in [-0.05, 0) is 37.5 Å². The molecule has 0 aromatic heterocycles. The third-order valence-electron chi connectivity index (χ3n) is 3.71. The van der Waals surface area contributed by atoms with Crippen LogP contribution in [0.25, 0.3) is 0 Å². The molecule has 2 N–H and O–H groups in total. The number of nitrogens with two attached hydrogens (primary N) is 1. The Labute approximate surface area is 103 Å². The van der Waals surface area contributed by atoms with Gasteiger partial charge in [0.1, 0.15) is 18.0 Å². The largest absolute Gasteiger partial charge is 0.487 e. The van der Waals surface area contributed by atoms with Gasteiger partial charge in [0.05, 0.1) is 0 Å². The molecule has 3 unspecified atom stereocenters. The van der Waals surface area contributed by atoms with Gasteiger partial charge >= 0.3 is 0 Å². The first kappa shape index (κ1) is 12.4. The number of rotatable bonds is 3. The Balaban J connectivity index is 2.17.